The van der Waals surface area contributed by atoms with Crippen molar-refractivity contribution >= 4 is 33.2 Å². The molecule has 0 spiro atoms. The predicted octanol–water partition coefficient (Wildman–Crippen LogP) is 5.09. The van der Waals surface area contributed by atoms with Crippen LogP contribution in [-0.2, 0) is 11.3 Å². The molecular weight excluding hydrogens is 420 g/mol. The Hall–Kier alpha value is -2.99. The van der Waals surface area contributed by atoms with Gasteiger partial charge in [-0.25, -0.2) is 0 Å². The summed E-state index contributed by atoms with van der Waals surface area (Å²) >= 11 is 3.52. The summed E-state index contributed by atoms with van der Waals surface area (Å²) in [6.07, 6.45) is 0. The predicted molar refractivity (Wildman–Crippen MR) is 115 cm³/mol. The number of benzene rings is 3. The number of nitrogens with one attached hydrogen (secondary N) is 2. The van der Waals surface area contributed by atoms with E-state index < -0.39 is 0 Å². The summed E-state index contributed by atoms with van der Waals surface area (Å²) in [7, 11) is 1.58. The number of ether oxygens (including phenoxy) is 2. The number of methoxy groups -OCH3 is 1. The number of hydrogen-bond donors (Lipinski definition) is 2. The topological polar surface area (TPSA) is 59.6 Å². The standard InChI is InChI=1S/C22H21BrN2O3/c1-27-20-13-16(14-24-17-8-4-2-5-9-17)12-19(23)22(20)28-15-21(26)25-18-10-6-3-7-11-18/h2-13,24H,14-15H2,1H3,(H,25,26). The lowest BCUT2D eigenvalue weighted by atomic mass is 10.2. The van der Waals surface area contributed by atoms with Crippen LogP contribution in [0.15, 0.2) is 77.3 Å². The summed E-state index contributed by atoms with van der Waals surface area (Å²) in [4.78, 5) is 12.1. The number of amides is 1. The zero-order valence-electron chi connectivity index (χ0n) is 15.4. The second kappa shape index (κ2) is 9.80. The largest absolute Gasteiger partial charge is 0.493 e. The molecule has 1 amide bonds. The summed E-state index contributed by atoms with van der Waals surface area (Å²) in [5.74, 6) is 0.816. The molecule has 28 heavy (non-hydrogen) atoms. The van der Waals surface area contributed by atoms with Crippen LogP contribution in [-0.4, -0.2) is 19.6 Å². The molecule has 3 aromatic rings. The van der Waals surface area contributed by atoms with E-state index in [-0.39, 0.29) is 12.5 Å². The van der Waals surface area contributed by atoms with Crippen molar-refractivity contribution < 1.29 is 14.3 Å². The second-order valence-corrected chi connectivity index (χ2v) is 6.89. The van der Waals surface area contributed by atoms with Crippen molar-refractivity contribution in [3.63, 3.8) is 0 Å². The summed E-state index contributed by atoms with van der Waals surface area (Å²) in [5.41, 5.74) is 2.79. The first kappa shape index (κ1) is 19.8. The van der Waals surface area contributed by atoms with E-state index in [0.717, 1.165) is 21.4 Å². The summed E-state index contributed by atoms with van der Waals surface area (Å²) < 4.78 is 11.9. The van der Waals surface area contributed by atoms with Gasteiger partial charge in [0.05, 0.1) is 11.6 Å². The van der Waals surface area contributed by atoms with Gasteiger partial charge in [-0.1, -0.05) is 36.4 Å². The van der Waals surface area contributed by atoms with Gasteiger partial charge < -0.3 is 20.1 Å². The van der Waals surface area contributed by atoms with Crippen molar-refractivity contribution in [2.75, 3.05) is 24.4 Å². The minimum absolute atomic E-state index is 0.120. The molecule has 2 N–H and O–H groups in total. The highest BCUT2D eigenvalue weighted by molar-refractivity contribution is 9.10. The molecule has 0 saturated carbocycles. The van der Waals surface area contributed by atoms with Gasteiger partial charge in [-0.3, -0.25) is 4.79 Å². The van der Waals surface area contributed by atoms with E-state index in [1.807, 2.05) is 72.8 Å². The molecule has 0 fully saturated rings. The molecule has 0 aliphatic heterocycles. The normalized spacial score (nSPS) is 10.2. The number of carbonyl (C=O) groups is 1. The van der Waals surface area contributed by atoms with Gasteiger partial charge in [-0.05, 0) is 57.9 Å². The van der Waals surface area contributed by atoms with E-state index in [4.69, 9.17) is 9.47 Å². The van der Waals surface area contributed by atoms with E-state index in [9.17, 15) is 4.79 Å². The number of anilines is 2. The zero-order chi connectivity index (χ0) is 19.8. The SMILES string of the molecule is COc1cc(CNc2ccccc2)cc(Br)c1OCC(=O)Nc1ccccc1. The van der Waals surface area contributed by atoms with Gasteiger partial charge in [0, 0.05) is 17.9 Å². The van der Waals surface area contributed by atoms with Crippen molar-refractivity contribution in [2.24, 2.45) is 0 Å². The van der Waals surface area contributed by atoms with Gasteiger partial charge in [0.2, 0.25) is 0 Å². The maximum Gasteiger partial charge on any atom is 0.262 e. The number of hydrogen-bond acceptors (Lipinski definition) is 4. The first-order chi connectivity index (χ1) is 13.7. The molecule has 3 aromatic carbocycles. The monoisotopic (exact) mass is 440 g/mol. The van der Waals surface area contributed by atoms with E-state index in [0.29, 0.717) is 18.0 Å². The summed E-state index contributed by atoms with van der Waals surface area (Å²) in [5, 5.41) is 6.14. The van der Waals surface area contributed by atoms with Crippen LogP contribution in [0.1, 0.15) is 5.56 Å². The van der Waals surface area contributed by atoms with Gasteiger partial charge in [-0.15, -0.1) is 0 Å². The van der Waals surface area contributed by atoms with E-state index >= 15 is 0 Å². The highest BCUT2D eigenvalue weighted by atomic mass is 79.9. The number of halogens is 1. The fourth-order valence-corrected chi connectivity index (χ4v) is 3.24. The van der Waals surface area contributed by atoms with E-state index in [1.54, 1.807) is 7.11 Å². The van der Waals surface area contributed by atoms with E-state index in [2.05, 4.69) is 26.6 Å². The van der Waals surface area contributed by atoms with Crippen LogP contribution >= 0.6 is 15.9 Å². The average molecular weight is 441 g/mol. The quantitative estimate of drug-likeness (QED) is 0.512. The minimum Gasteiger partial charge on any atom is -0.493 e. The fourth-order valence-electron chi connectivity index (χ4n) is 2.63. The van der Waals surface area contributed by atoms with Crippen LogP contribution in [0.5, 0.6) is 11.5 Å². The van der Waals surface area contributed by atoms with Crippen molar-refractivity contribution in [1.82, 2.24) is 0 Å². The number of para-hydroxylation sites is 2. The lowest BCUT2D eigenvalue weighted by molar-refractivity contribution is -0.118. The molecule has 0 aliphatic carbocycles. The van der Waals surface area contributed by atoms with Crippen LogP contribution < -0.4 is 20.1 Å². The first-order valence-corrected chi connectivity index (χ1v) is 9.58. The smallest absolute Gasteiger partial charge is 0.262 e. The van der Waals surface area contributed by atoms with Crippen LogP contribution in [0.25, 0.3) is 0 Å². The second-order valence-electron chi connectivity index (χ2n) is 6.03. The Bertz CT molecular complexity index is 918. The van der Waals surface area contributed by atoms with Gasteiger partial charge in [0.1, 0.15) is 0 Å². The maximum atomic E-state index is 12.1. The first-order valence-electron chi connectivity index (χ1n) is 8.79. The third-order valence-electron chi connectivity index (χ3n) is 3.96. The Morgan fingerprint density at radius 2 is 1.61 bits per heavy atom. The molecule has 3 rings (SSSR count). The zero-order valence-corrected chi connectivity index (χ0v) is 17.0. The molecule has 0 bridgehead atoms. The maximum absolute atomic E-state index is 12.1. The van der Waals surface area contributed by atoms with Crippen molar-refractivity contribution in [3.05, 3.63) is 82.8 Å². The van der Waals surface area contributed by atoms with E-state index in [1.165, 1.54) is 0 Å². The van der Waals surface area contributed by atoms with Crippen molar-refractivity contribution in [3.8, 4) is 11.5 Å². The lowest BCUT2D eigenvalue weighted by Crippen LogP contribution is -2.20. The summed E-state index contributed by atoms with van der Waals surface area (Å²) in [6.45, 7) is 0.513. The molecule has 0 radical (unpaired) electrons. The number of rotatable bonds is 8. The van der Waals surface area contributed by atoms with Crippen molar-refractivity contribution in [2.45, 2.75) is 6.54 Å². The van der Waals surface area contributed by atoms with Crippen molar-refractivity contribution in [1.29, 1.82) is 0 Å². The molecule has 6 heteroatoms. The van der Waals surface area contributed by atoms with Crippen LogP contribution in [0.4, 0.5) is 11.4 Å². The Labute approximate surface area is 172 Å². The Morgan fingerprint density at radius 1 is 0.964 bits per heavy atom. The Kier molecular flexibility index (Phi) is 6.92. The van der Waals surface area contributed by atoms with Crippen LogP contribution in [0, 0.1) is 0 Å². The highest BCUT2D eigenvalue weighted by Crippen LogP contribution is 2.36. The van der Waals surface area contributed by atoms with Gasteiger partial charge in [0.25, 0.3) is 5.91 Å². The molecule has 5 nitrogen and oxygen atoms in total. The molecule has 0 atom stereocenters. The third-order valence-corrected chi connectivity index (χ3v) is 4.55. The fraction of sp³-hybridized carbons (Fsp3) is 0.136. The van der Waals surface area contributed by atoms with Gasteiger partial charge >= 0.3 is 0 Å². The summed E-state index contributed by atoms with van der Waals surface area (Å²) in [6, 6.07) is 23.1. The van der Waals surface area contributed by atoms with Crippen LogP contribution in [0.3, 0.4) is 0 Å². The average Bonchev–Trinajstić information content (AvgIpc) is 2.72. The van der Waals surface area contributed by atoms with Crippen LogP contribution in [0.2, 0.25) is 0 Å². The molecule has 0 aliphatic rings. The molecule has 0 heterocycles. The highest BCUT2D eigenvalue weighted by Gasteiger charge is 2.14. The number of carbonyl (C=O) groups excluding carboxylic acids is 1. The Morgan fingerprint density at radius 3 is 2.25 bits per heavy atom. The molecular formula is C22H21BrN2O3. The van der Waals surface area contributed by atoms with Gasteiger partial charge in [-0.2, -0.15) is 0 Å². The molecule has 0 unspecified atom stereocenters. The minimum atomic E-state index is -0.241. The Balaban J connectivity index is 1.63. The van der Waals surface area contributed by atoms with Gasteiger partial charge in [0.15, 0.2) is 18.1 Å². The molecule has 144 valence electrons. The lowest BCUT2D eigenvalue weighted by Gasteiger charge is -2.15. The molecule has 0 saturated heterocycles. The third kappa shape index (κ3) is 5.50. The molecule has 0 aromatic heterocycles.